The third-order valence-electron chi connectivity index (χ3n) is 10.5. The molecule has 4 aromatic rings. The predicted molar refractivity (Wildman–Crippen MR) is 220 cm³/mol. The van der Waals surface area contributed by atoms with Crippen molar-refractivity contribution in [2.75, 3.05) is 27.3 Å². The van der Waals surface area contributed by atoms with Gasteiger partial charge >= 0.3 is 5.97 Å². The van der Waals surface area contributed by atoms with Crippen LogP contribution in [0.1, 0.15) is 78.7 Å². The molecule has 2 aromatic carbocycles. The average Bonchev–Trinajstić information content (AvgIpc) is 3.56. The molecule has 2 aromatic heterocycles. The number of nitrogens with zero attached hydrogens (tertiary/aromatic N) is 4. The second kappa shape index (κ2) is 18.8. The zero-order valence-electron chi connectivity index (χ0n) is 34.7. The minimum Gasteiger partial charge on any atom is -0.508 e. The third-order valence-corrected chi connectivity index (χ3v) is 10.5. The number of carbonyl (C=O) groups excluding carboxylic acids is 4. The molecule has 306 valence electrons. The number of esters is 1. The van der Waals surface area contributed by atoms with Crippen molar-refractivity contribution in [3.8, 4) is 28.1 Å². The number of amides is 3. The number of hydrazine groups is 1. The Balaban J connectivity index is 1.49. The lowest BCUT2D eigenvalue weighted by molar-refractivity contribution is -0.154. The van der Waals surface area contributed by atoms with Crippen molar-refractivity contribution in [2.45, 2.75) is 98.5 Å². The molecule has 13 nitrogen and oxygen atoms in total. The Hall–Kier alpha value is -5.27. The van der Waals surface area contributed by atoms with Gasteiger partial charge in [0.25, 0.3) is 5.91 Å². The monoisotopic (exact) mass is 782 g/mol. The van der Waals surface area contributed by atoms with Gasteiger partial charge in [-0.05, 0) is 97.7 Å². The number of carbonyl (C=O) groups is 4. The van der Waals surface area contributed by atoms with Gasteiger partial charge in [0.15, 0.2) is 0 Å². The van der Waals surface area contributed by atoms with E-state index in [-0.39, 0.29) is 42.6 Å². The number of benzene rings is 2. The molecule has 1 fully saturated rings. The number of fused-ring (bicyclic) bond motifs is 1. The van der Waals surface area contributed by atoms with Gasteiger partial charge in [-0.1, -0.05) is 39.8 Å². The number of pyridine rings is 1. The van der Waals surface area contributed by atoms with E-state index in [2.05, 4.69) is 51.5 Å². The van der Waals surface area contributed by atoms with Gasteiger partial charge in [0, 0.05) is 63.3 Å². The molecule has 57 heavy (non-hydrogen) atoms. The quantitative estimate of drug-likeness (QED) is 0.123. The van der Waals surface area contributed by atoms with E-state index in [0.717, 1.165) is 45.5 Å². The fourth-order valence-corrected chi connectivity index (χ4v) is 7.51. The summed E-state index contributed by atoms with van der Waals surface area (Å²) < 4.78 is 13.3. The standard InChI is InChI=1S/C44H58N6O7/c1-10-49-38-16-15-31(22-33(38)24-39(49)35-13-11-17-45-40(35)28(6)56-9)32-19-30(20-34(52)23-32)21-37(46-42(53)41(27(4)5)48(8)29(7)51)43(54)50-18-12-14-36(47-50)44(55)57-25-26(2)3/h11,13,15-17,19-20,22-24,26-28,36-37,41,47,52H,10,12,14,18,21,25H2,1-9H3,(H,46,53)/t28-,36-,37-,41?/m0/s1. The molecule has 3 N–H and O–H groups in total. The van der Waals surface area contributed by atoms with Crippen molar-refractivity contribution in [3.63, 3.8) is 0 Å². The number of nitrogens with one attached hydrogen (secondary N) is 2. The lowest BCUT2D eigenvalue weighted by atomic mass is 9.96. The summed E-state index contributed by atoms with van der Waals surface area (Å²) in [5.74, 6) is -1.74. The van der Waals surface area contributed by atoms with Crippen molar-refractivity contribution >= 4 is 34.6 Å². The SMILES string of the molecule is CCn1c(-c2cccnc2[C@H](C)OC)cc2cc(-c3cc(O)cc(C[C@H](NC(=O)C(C(C)C)N(C)C(C)=O)C(=O)N4CCC[C@@H](C(=O)OCC(C)C)N4)c3)ccc21. The maximum Gasteiger partial charge on any atom is 0.324 e. The smallest absolute Gasteiger partial charge is 0.324 e. The number of likely N-dealkylation sites (N-methyl/N-ethyl adjacent to an activating group) is 1. The lowest BCUT2D eigenvalue weighted by Gasteiger charge is -2.36. The summed E-state index contributed by atoms with van der Waals surface area (Å²) in [7, 11) is 3.23. The van der Waals surface area contributed by atoms with Gasteiger partial charge in [-0.3, -0.25) is 29.2 Å². The summed E-state index contributed by atoms with van der Waals surface area (Å²) in [6.07, 6.45) is 2.65. The minimum atomic E-state index is -1.10. The molecule has 3 heterocycles. The average molecular weight is 783 g/mol. The molecule has 4 atom stereocenters. The number of hydrogen-bond donors (Lipinski definition) is 3. The number of aryl methyl sites for hydroxylation is 1. The summed E-state index contributed by atoms with van der Waals surface area (Å²) in [6, 6.07) is 14.8. The van der Waals surface area contributed by atoms with Crippen LogP contribution in [0.15, 0.2) is 60.8 Å². The second-order valence-electron chi connectivity index (χ2n) is 15.7. The minimum absolute atomic E-state index is 0.000856. The summed E-state index contributed by atoms with van der Waals surface area (Å²) >= 11 is 0. The number of aromatic hydroxyl groups is 1. The maximum absolute atomic E-state index is 14.4. The number of aromatic nitrogens is 2. The Bertz CT molecular complexity index is 2080. The first kappa shape index (κ1) is 42.9. The molecule has 3 amide bonds. The second-order valence-corrected chi connectivity index (χ2v) is 15.7. The van der Waals surface area contributed by atoms with E-state index in [9.17, 15) is 24.3 Å². The molecule has 0 aliphatic carbocycles. The van der Waals surface area contributed by atoms with E-state index < -0.39 is 35.9 Å². The number of ether oxygens (including phenoxy) is 2. The molecule has 0 saturated carbocycles. The van der Waals surface area contributed by atoms with Gasteiger partial charge in [0.05, 0.1) is 24.1 Å². The van der Waals surface area contributed by atoms with Crippen LogP contribution in [0.25, 0.3) is 33.3 Å². The highest BCUT2D eigenvalue weighted by atomic mass is 16.5. The van der Waals surface area contributed by atoms with E-state index in [4.69, 9.17) is 9.47 Å². The Labute approximate surface area is 335 Å². The maximum atomic E-state index is 14.4. The van der Waals surface area contributed by atoms with Crippen LogP contribution in [0.2, 0.25) is 0 Å². The van der Waals surface area contributed by atoms with Crippen LogP contribution < -0.4 is 10.7 Å². The van der Waals surface area contributed by atoms with Crippen LogP contribution in [0.5, 0.6) is 5.75 Å². The van der Waals surface area contributed by atoms with Crippen molar-refractivity contribution in [1.29, 1.82) is 0 Å². The molecule has 1 saturated heterocycles. The van der Waals surface area contributed by atoms with Crippen LogP contribution in [0, 0.1) is 11.8 Å². The molecular formula is C44H58N6O7. The van der Waals surface area contributed by atoms with Crippen LogP contribution in [-0.4, -0.2) is 93.7 Å². The van der Waals surface area contributed by atoms with Crippen LogP contribution in [0.3, 0.4) is 0 Å². The first-order valence-corrected chi connectivity index (χ1v) is 19.9. The Morgan fingerprint density at radius 1 is 1.04 bits per heavy atom. The zero-order valence-corrected chi connectivity index (χ0v) is 34.7. The van der Waals surface area contributed by atoms with Gasteiger partial charge in [0.2, 0.25) is 11.8 Å². The summed E-state index contributed by atoms with van der Waals surface area (Å²) in [5.41, 5.74) is 9.12. The van der Waals surface area contributed by atoms with E-state index in [1.54, 1.807) is 32.5 Å². The summed E-state index contributed by atoms with van der Waals surface area (Å²) in [4.78, 5) is 59.6. The number of phenols is 1. The van der Waals surface area contributed by atoms with Crippen LogP contribution >= 0.6 is 0 Å². The summed E-state index contributed by atoms with van der Waals surface area (Å²) in [6.45, 7) is 14.4. The number of rotatable bonds is 15. The van der Waals surface area contributed by atoms with E-state index >= 15 is 0 Å². The molecule has 0 radical (unpaired) electrons. The van der Waals surface area contributed by atoms with E-state index in [1.807, 2.05) is 52.8 Å². The molecule has 1 unspecified atom stereocenters. The van der Waals surface area contributed by atoms with Crippen molar-refractivity contribution < 1.29 is 33.8 Å². The number of methoxy groups -OCH3 is 1. The molecule has 13 heteroatoms. The van der Waals surface area contributed by atoms with Crippen LogP contribution in [-0.2, 0) is 41.6 Å². The predicted octanol–water partition coefficient (Wildman–Crippen LogP) is 6.03. The first-order chi connectivity index (χ1) is 27.1. The highest BCUT2D eigenvalue weighted by Crippen LogP contribution is 2.36. The number of hydrogen-bond acceptors (Lipinski definition) is 9. The first-order valence-electron chi connectivity index (χ1n) is 19.9. The highest BCUT2D eigenvalue weighted by Gasteiger charge is 2.36. The van der Waals surface area contributed by atoms with Crippen molar-refractivity contribution in [3.05, 3.63) is 72.1 Å². The van der Waals surface area contributed by atoms with Gasteiger partial charge < -0.3 is 29.4 Å². The molecule has 0 spiro atoms. The summed E-state index contributed by atoms with van der Waals surface area (Å²) in [5, 5.41) is 16.4. The Morgan fingerprint density at radius 2 is 1.79 bits per heavy atom. The third kappa shape index (κ3) is 10.0. The Kier molecular flexibility index (Phi) is 14.1. The fourth-order valence-electron chi connectivity index (χ4n) is 7.51. The fraction of sp³-hybridized carbons (Fsp3) is 0.477. The van der Waals surface area contributed by atoms with E-state index in [1.165, 1.54) is 16.8 Å². The molecule has 1 aliphatic rings. The lowest BCUT2D eigenvalue weighted by Crippen LogP contribution is -2.62. The number of phenolic OH excluding ortho intramolecular Hbond substituents is 1. The van der Waals surface area contributed by atoms with Gasteiger partial charge in [-0.15, -0.1) is 0 Å². The zero-order chi connectivity index (χ0) is 41.6. The van der Waals surface area contributed by atoms with Crippen LogP contribution in [0.4, 0.5) is 0 Å². The molecule has 1 aliphatic heterocycles. The van der Waals surface area contributed by atoms with E-state index in [0.29, 0.717) is 24.9 Å². The topological polar surface area (TPSA) is 155 Å². The molecular weight excluding hydrogens is 725 g/mol. The van der Waals surface area contributed by atoms with Gasteiger partial charge in [0.1, 0.15) is 23.9 Å². The highest BCUT2D eigenvalue weighted by molar-refractivity contribution is 5.93. The van der Waals surface area contributed by atoms with Gasteiger partial charge in [-0.25, -0.2) is 5.43 Å². The van der Waals surface area contributed by atoms with Crippen molar-refractivity contribution in [2.24, 2.45) is 11.8 Å². The van der Waals surface area contributed by atoms with Gasteiger partial charge in [-0.2, -0.15) is 0 Å². The normalized spacial score (nSPS) is 16.1. The molecule has 0 bridgehead atoms. The largest absolute Gasteiger partial charge is 0.508 e. The Morgan fingerprint density at radius 3 is 2.46 bits per heavy atom. The molecule has 5 rings (SSSR count). The van der Waals surface area contributed by atoms with Crippen molar-refractivity contribution in [1.82, 2.24) is 30.2 Å².